The summed E-state index contributed by atoms with van der Waals surface area (Å²) in [5, 5.41) is 0. The minimum absolute atomic E-state index is 0.799. The second-order valence-corrected chi connectivity index (χ2v) is 3.38. The van der Waals surface area contributed by atoms with Crippen molar-refractivity contribution in [3.63, 3.8) is 0 Å². The molecule has 0 amide bonds. The van der Waals surface area contributed by atoms with Crippen molar-refractivity contribution in [2.75, 3.05) is 6.61 Å². The van der Waals surface area contributed by atoms with E-state index < -0.39 is 0 Å². The van der Waals surface area contributed by atoms with Crippen molar-refractivity contribution in [3.05, 3.63) is 36.8 Å². The summed E-state index contributed by atoms with van der Waals surface area (Å²) in [6, 6.07) is 9.98. The van der Waals surface area contributed by atoms with E-state index in [9.17, 15) is 0 Å². The van der Waals surface area contributed by atoms with Crippen molar-refractivity contribution >= 4 is 0 Å². The minimum atomic E-state index is 0.799. The fraction of sp³-hybridized carbons (Fsp3) is 0.462. The van der Waals surface area contributed by atoms with Crippen LogP contribution in [0.1, 0.15) is 32.6 Å². The van der Waals surface area contributed by atoms with Crippen molar-refractivity contribution in [3.8, 4) is 5.75 Å². The molecule has 77 valence electrons. The summed E-state index contributed by atoms with van der Waals surface area (Å²) >= 11 is 0. The molecule has 1 heteroatoms. The van der Waals surface area contributed by atoms with Crippen LogP contribution in [0.3, 0.4) is 0 Å². The lowest BCUT2D eigenvalue weighted by molar-refractivity contribution is 0.319. The summed E-state index contributed by atoms with van der Waals surface area (Å²) < 4.78 is 5.55. The van der Waals surface area contributed by atoms with Gasteiger partial charge in [-0.15, -0.1) is 0 Å². The molecule has 0 aliphatic rings. The van der Waals surface area contributed by atoms with Gasteiger partial charge in [0.15, 0.2) is 0 Å². The molecule has 0 heterocycles. The summed E-state index contributed by atoms with van der Waals surface area (Å²) in [4.78, 5) is 0. The summed E-state index contributed by atoms with van der Waals surface area (Å²) in [5.41, 5.74) is 0. The van der Waals surface area contributed by atoms with Crippen LogP contribution in [-0.4, -0.2) is 6.61 Å². The number of rotatable bonds is 7. The largest absolute Gasteiger partial charge is 0.494 e. The number of unbranched alkanes of at least 4 members (excludes halogenated alkanes) is 4. The summed E-state index contributed by atoms with van der Waals surface area (Å²) in [5.74, 6) is 0.969. The first-order chi connectivity index (χ1) is 6.93. The predicted octanol–water partition coefficient (Wildman–Crippen LogP) is 3.85. The van der Waals surface area contributed by atoms with Crippen molar-refractivity contribution in [1.29, 1.82) is 0 Å². The molecule has 1 aromatic carbocycles. The minimum Gasteiger partial charge on any atom is -0.494 e. The molecule has 0 fully saturated rings. The van der Waals surface area contributed by atoms with Crippen LogP contribution in [0.4, 0.5) is 0 Å². The van der Waals surface area contributed by atoms with Crippen LogP contribution in [0.2, 0.25) is 0 Å². The molecule has 0 saturated carbocycles. The van der Waals surface area contributed by atoms with Crippen molar-refractivity contribution < 1.29 is 4.74 Å². The van der Waals surface area contributed by atoms with E-state index in [0.29, 0.717) is 0 Å². The Hall–Kier alpha value is -0.980. The molecule has 0 saturated heterocycles. The van der Waals surface area contributed by atoms with Gasteiger partial charge in [-0.1, -0.05) is 44.4 Å². The Balaban J connectivity index is 1.99. The molecule has 0 unspecified atom stereocenters. The summed E-state index contributed by atoms with van der Waals surface area (Å²) in [6.07, 6.45) is 7.15. The van der Waals surface area contributed by atoms with Crippen LogP contribution >= 0.6 is 0 Å². The molecule has 0 N–H and O–H groups in total. The lowest BCUT2D eigenvalue weighted by atomic mass is 10.2. The Kier molecular flexibility index (Phi) is 5.89. The summed E-state index contributed by atoms with van der Waals surface area (Å²) in [7, 11) is 0. The molecule has 0 atom stereocenters. The van der Waals surface area contributed by atoms with Gasteiger partial charge < -0.3 is 4.74 Å². The fourth-order valence-electron chi connectivity index (χ4n) is 1.27. The average molecular weight is 191 g/mol. The van der Waals surface area contributed by atoms with E-state index in [2.05, 4.69) is 13.3 Å². The Labute approximate surface area is 87.1 Å². The molecular formula is C13H19O. The Morgan fingerprint density at radius 2 is 1.93 bits per heavy atom. The van der Waals surface area contributed by atoms with Crippen LogP contribution in [0.5, 0.6) is 5.75 Å². The lowest BCUT2D eigenvalue weighted by Crippen LogP contribution is -1.97. The smallest absolute Gasteiger partial charge is 0.119 e. The maximum absolute atomic E-state index is 5.55. The lowest BCUT2D eigenvalue weighted by Gasteiger charge is -2.04. The predicted molar refractivity (Wildman–Crippen MR) is 60.4 cm³/mol. The zero-order valence-electron chi connectivity index (χ0n) is 8.91. The molecule has 0 spiro atoms. The van der Waals surface area contributed by atoms with E-state index in [0.717, 1.165) is 18.8 Å². The van der Waals surface area contributed by atoms with E-state index in [-0.39, 0.29) is 0 Å². The van der Waals surface area contributed by atoms with E-state index in [1.807, 2.05) is 30.3 Å². The van der Waals surface area contributed by atoms with Gasteiger partial charge in [0.2, 0.25) is 0 Å². The van der Waals surface area contributed by atoms with Crippen molar-refractivity contribution in [2.45, 2.75) is 32.6 Å². The SMILES string of the molecule is CCCC[CH]CCOc1ccccc1. The Morgan fingerprint density at radius 1 is 1.14 bits per heavy atom. The maximum Gasteiger partial charge on any atom is 0.119 e. The third kappa shape index (κ3) is 4.90. The zero-order valence-corrected chi connectivity index (χ0v) is 8.91. The van der Waals surface area contributed by atoms with E-state index in [4.69, 9.17) is 4.74 Å². The van der Waals surface area contributed by atoms with Crippen LogP contribution in [-0.2, 0) is 0 Å². The standard InChI is InChI=1S/C13H19O/c1-2-3-4-5-9-12-14-13-10-7-6-8-11-13/h5-8,10-11H,2-4,9,12H2,1H3. The first kappa shape index (κ1) is 11.1. The highest BCUT2D eigenvalue weighted by Crippen LogP contribution is 2.09. The molecule has 0 aliphatic heterocycles. The van der Waals surface area contributed by atoms with Gasteiger partial charge >= 0.3 is 0 Å². The topological polar surface area (TPSA) is 9.23 Å². The Morgan fingerprint density at radius 3 is 2.64 bits per heavy atom. The van der Waals surface area contributed by atoms with Gasteiger partial charge in [-0.2, -0.15) is 0 Å². The Bertz CT molecular complexity index is 218. The number of hydrogen-bond acceptors (Lipinski definition) is 1. The number of para-hydroxylation sites is 1. The van der Waals surface area contributed by atoms with E-state index in [1.165, 1.54) is 19.3 Å². The highest BCUT2D eigenvalue weighted by molar-refractivity contribution is 5.20. The average Bonchev–Trinajstić information content (AvgIpc) is 2.25. The molecular weight excluding hydrogens is 172 g/mol. The number of hydrogen-bond donors (Lipinski definition) is 0. The van der Waals surface area contributed by atoms with Gasteiger partial charge in [-0.3, -0.25) is 0 Å². The third-order valence-electron chi connectivity index (χ3n) is 2.10. The first-order valence-electron chi connectivity index (χ1n) is 5.43. The first-order valence-corrected chi connectivity index (χ1v) is 5.43. The molecule has 0 aliphatic carbocycles. The van der Waals surface area contributed by atoms with Gasteiger partial charge in [-0.05, 0) is 25.0 Å². The third-order valence-corrected chi connectivity index (χ3v) is 2.10. The van der Waals surface area contributed by atoms with Gasteiger partial charge in [0.05, 0.1) is 6.61 Å². The molecule has 1 aromatic rings. The van der Waals surface area contributed by atoms with Crippen LogP contribution < -0.4 is 4.74 Å². The second kappa shape index (κ2) is 7.43. The normalized spacial score (nSPS) is 10.1. The van der Waals surface area contributed by atoms with Gasteiger partial charge in [0.25, 0.3) is 0 Å². The van der Waals surface area contributed by atoms with Gasteiger partial charge in [0, 0.05) is 0 Å². The molecule has 14 heavy (non-hydrogen) atoms. The van der Waals surface area contributed by atoms with E-state index in [1.54, 1.807) is 0 Å². The summed E-state index contributed by atoms with van der Waals surface area (Å²) in [6.45, 7) is 3.02. The van der Waals surface area contributed by atoms with E-state index >= 15 is 0 Å². The van der Waals surface area contributed by atoms with Crippen molar-refractivity contribution in [1.82, 2.24) is 0 Å². The van der Waals surface area contributed by atoms with Gasteiger partial charge in [0.1, 0.15) is 5.75 Å². The highest BCUT2D eigenvalue weighted by Gasteiger charge is 1.92. The van der Waals surface area contributed by atoms with Crippen molar-refractivity contribution in [2.24, 2.45) is 0 Å². The van der Waals surface area contributed by atoms with Crippen LogP contribution in [0, 0.1) is 6.42 Å². The quantitative estimate of drug-likeness (QED) is 0.595. The molecule has 1 rings (SSSR count). The fourth-order valence-corrected chi connectivity index (χ4v) is 1.27. The molecule has 1 nitrogen and oxygen atoms in total. The number of ether oxygens (including phenoxy) is 1. The zero-order chi connectivity index (χ0) is 10.1. The maximum atomic E-state index is 5.55. The monoisotopic (exact) mass is 191 g/mol. The molecule has 1 radical (unpaired) electrons. The van der Waals surface area contributed by atoms with Crippen LogP contribution in [0.15, 0.2) is 30.3 Å². The van der Waals surface area contributed by atoms with Crippen LogP contribution in [0.25, 0.3) is 0 Å². The highest BCUT2D eigenvalue weighted by atomic mass is 16.5. The number of benzene rings is 1. The molecule has 0 aromatic heterocycles. The van der Waals surface area contributed by atoms with Gasteiger partial charge in [-0.25, -0.2) is 0 Å². The molecule has 0 bridgehead atoms. The second-order valence-electron chi connectivity index (χ2n) is 3.38.